The van der Waals surface area contributed by atoms with Gasteiger partial charge in [0.2, 0.25) is 0 Å². The summed E-state index contributed by atoms with van der Waals surface area (Å²) in [6.45, 7) is 7.15. The second-order valence-electron chi connectivity index (χ2n) is 8.61. The van der Waals surface area contributed by atoms with Crippen molar-refractivity contribution in [3.05, 3.63) is 52.7 Å². The Morgan fingerprint density at radius 3 is 2.66 bits per heavy atom. The van der Waals surface area contributed by atoms with Gasteiger partial charge in [-0.15, -0.1) is 0 Å². The molecule has 2 aromatic heterocycles. The molecule has 3 N–H and O–H groups in total. The topological polar surface area (TPSA) is 102 Å². The number of aromatic nitrogens is 4. The second-order valence-corrected chi connectivity index (χ2v) is 12.1. The zero-order valence-electron chi connectivity index (χ0n) is 20.6. The molecule has 1 unspecified atom stereocenters. The number of aryl methyl sites for hydroxylation is 2. The van der Waals surface area contributed by atoms with Crippen molar-refractivity contribution in [3.63, 3.8) is 0 Å². The van der Waals surface area contributed by atoms with E-state index in [9.17, 15) is 0 Å². The number of nitrogens with two attached hydrogens (primary N) is 1. The van der Waals surface area contributed by atoms with Crippen molar-refractivity contribution in [1.82, 2.24) is 25.1 Å². The van der Waals surface area contributed by atoms with Gasteiger partial charge < -0.3 is 0 Å². The summed E-state index contributed by atoms with van der Waals surface area (Å²) in [5, 5.41) is 14.1. The van der Waals surface area contributed by atoms with Gasteiger partial charge in [0.1, 0.15) is 0 Å². The van der Waals surface area contributed by atoms with Crippen LogP contribution in [0.2, 0.25) is 0 Å². The first-order valence-corrected chi connectivity index (χ1v) is 14.9. The zero-order valence-corrected chi connectivity index (χ0v) is 23.5. The first-order valence-electron chi connectivity index (χ1n) is 11.6. The monoisotopic (exact) mass is 553 g/mol. The Hall–Kier alpha value is -2.58. The quantitative estimate of drug-likeness (QED) is 0.273. The Balaban J connectivity index is 1.45. The molecule has 4 rings (SSSR count). The molecule has 8 nitrogen and oxygen atoms in total. The van der Waals surface area contributed by atoms with E-state index in [1.165, 1.54) is 11.1 Å². The molecule has 0 radical (unpaired) electrons. The van der Waals surface area contributed by atoms with Gasteiger partial charge >= 0.3 is 218 Å². The number of benzene rings is 2. The molecule has 0 amide bonds. The van der Waals surface area contributed by atoms with Crippen molar-refractivity contribution in [2.75, 3.05) is 45.7 Å². The molecule has 0 aliphatic rings. The van der Waals surface area contributed by atoms with E-state index >= 15 is 0 Å². The molecule has 0 saturated heterocycles. The third-order valence-corrected chi connectivity index (χ3v) is 9.18. The van der Waals surface area contributed by atoms with E-state index in [0.717, 1.165) is 60.8 Å². The van der Waals surface area contributed by atoms with Crippen LogP contribution in [0, 0.1) is 13.8 Å². The minimum atomic E-state index is -0.614. The molecule has 0 aliphatic carbocycles. The second kappa shape index (κ2) is 11.9. The number of hydrogen-bond donors (Lipinski definition) is 2. The molecule has 0 bridgehead atoms. The van der Waals surface area contributed by atoms with Gasteiger partial charge in [-0.05, 0) is 0 Å². The molecular weight excluding hydrogens is 521 g/mol. The predicted molar refractivity (Wildman–Crippen MR) is 146 cm³/mol. The molecule has 35 heavy (non-hydrogen) atoms. The van der Waals surface area contributed by atoms with Gasteiger partial charge in [-0.25, -0.2) is 0 Å². The first kappa shape index (κ1) is 25.5. The van der Waals surface area contributed by atoms with E-state index in [0.29, 0.717) is 13.2 Å². The van der Waals surface area contributed by atoms with E-state index in [-0.39, 0.29) is 0 Å². The fourth-order valence-corrected chi connectivity index (χ4v) is 6.99. The normalized spacial score (nSPS) is 11.7. The van der Waals surface area contributed by atoms with Gasteiger partial charge in [0.05, 0.1) is 0 Å². The summed E-state index contributed by atoms with van der Waals surface area (Å²) in [7, 11) is 4.16. The number of hydrogen-bond acceptors (Lipinski definition) is 9. The van der Waals surface area contributed by atoms with Gasteiger partial charge in [-0.2, -0.15) is 0 Å². The maximum absolute atomic E-state index is 5.63. The van der Waals surface area contributed by atoms with Crippen molar-refractivity contribution in [3.8, 4) is 17.0 Å². The number of thiazole rings is 1. The van der Waals surface area contributed by atoms with Crippen LogP contribution in [0.15, 0.2) is 36.5 Å². The molecule has 0 saturated carbocycles. The average Bonchev–Trinajstić information content (AvgIpc) is 3.23. The van der Waals surface area contributed by atoms with Crippen LogP contribution in [-0.2, 0) is 5.21 Å². The molecule has 0 spiro atoms. The number of ether oxygens (including phenoxy) is 1. The van der Waals surface area contributed by atoms with E-state index in [2.05, 4.69) is 66.6 Å². The van der Waals surface area contributed by atoms with Crippen LogP contribution in [0.3, 0.4) is 0 Å². The van der Waals surface area contributed by atoms with Crippen molar-refractivity contribution in [1.29, 1.82) is 0 Å². The zero-order chi connectivity index (χ0) is 24.8. The van der Waals surface area contributed by atoms with Gasteiger partial charge in [0.25, 0.3) is 0 Å². The SMILES string of the molecule is Cc1cc(NCCN(C)C)cc(C)c1-c1cnnc([AsH]Cc2nc3cc(OCCN)ccc3s2)n1. The standard InChI is InChI=1S/C25H32AsN7OS/c1-16-11-18(28-8-9-33(3)4)12-17(2)24(16)21-15-29-32-25(31-21)26-14-23-30-20-13-19(34-10-7-27)5-6-22(20)35-23/h5-6,11-13,15,26,28H,7-10,14,27H2,1-4H3. The van der Waals surface area contributed by atoms with Gasteiger partial charge in [0, 0.05) is 0 Å². The number of anilines is 1. The molecule has 2 aromatic carbocycles. The number of nitrogens with one attached hydrogen (secondary N) is 1. The molecule has 0 aliphatic heterocycles. The Bertz CT molecular complexity index is 1270. The number of nitrogens with zero attached hydrogens (tertiary/aromatic N) is 5. The number of fused-ring (bicyclic) bond motifs is 1. The van der Waals surface area contributed by atoms with E-state index < -0.39 is 15.8 Å². The molecule has 4 aromatic rings. The Morgan fingerprint density at radius 1 is 1.11 bits per heavy atom. The van der Waals surface area contributed by atoms with Crippen LogP contribution >= 0.6 is 11.3 Å². The van der Waals surface area contributed by atoms with Crippen LogP contribution in [0.1, 0.15) is 16.1 Å². The van der Waals surface area contributed by atoms with Crippen molar-refractivity contribution in [2.45, 2.75) is 19.1 Å². The van der Waals surface area contributed by atoms with Gasteiger partial charge in [-0.3, -0.25) is 0 Å². The summed E-state index contributed by atoms with van der Waals surface area (Å²) in [5.74, 6) is 0.806. The Kier molecular flexibility index (Phi) is 8.68. The van der Waals surface area contributed by atoms with E-state index in [4.69, 9.17) is 20.4 Å². The Morgan fingerprint density at radius 2 is 1.91 bits per heavy atom. The third-order valence-electron chi connectivity index (χ3n) is 5.42. The summed E-state index contributed by atoms with van der Waals surface area (Å²) < 4.78 is 7.63. The van der Waals surface area contributed by atoms with Crippen LogP contribution in [0.25, 0.3) is 21.5 Å². The maximum atomic E-state index is 5.63. The number of likely N-dealkylation sites (N-methyl/N-ethyl adjacent to an activating group) is 1. The summed E-state index contributed by atoms with van der Waals surface area (Å²) in [6.07, 6.45) is 1.77. The summed E-state index contributed by atoms with van der Waals surface area (Å²) in [6, 6.07) is 10.4. The first-order chi connectivity index (χ1) is 16.9. The fourth-order valence-electron chi connectivity index (χ4n) is 3.84. The van der Waals surface area contributed by atoms with Crippen LogP contribution < -0.4 is 20.4 Å². The van der Waals surface area contributed by atoms with Gasteiger partial charge in [0.15, 0.2) is 0 Å². The summed E-state index contributed by atoms with van der Waals surface area (Å²) >= 11 is 1.10. The van der Waals surface area contributed by atoms with Crippen molar-refractivity contribution >= 4 is 47.6 Å². The molecule has 184 valence electrons. The summed E-state index contributed by atoms with van der Waals surface area (Å²) in [5.41, 5.74) is 12.0. The van der Waals surface area contributed by atoms with Gasteiger partial charge in [-0.1, -0.05) is 0 Å². The van der Waals surface area contributed by atoms with Crippen LogP contribution in [-0.4, -0.2) is 81.2 Å². The fraction of sp³-hybridized carbons (Fsp3) is 0.360. The van der Waals surface area contributed by atoms with Crippen molar-refractivity contribution < 1.29 is 4.74 Å². The molecule has 1 atom stereocenters. The average molecular weight is 554 g/mol. The third kappa shape index (κ3) is 6.76. The Labute approximate surface area is 217 Å². The van der Waals surface area contributed by atoms with Crippen LogP contribution in [0.5, 0.6) is 5.75 Å². The molecule has 2 heterocycles. The molecule has 0 fully saturated rings. The predicted octanol–water partition coefficient (Wildman–Crippen LogP) is 2.34. The van der Waals surface area contributed by atoms with E-state index in [1.807, 2.05) is 12.1 Å². The van der Waals surface area contributed by atoms with E-state index in [1.54, 1.807) is 17.5 Å². The number of rotatable bonds is 11. The van der Waals surface area contributed by atoms with Crippen molar-refractivity contribution in [2.24, 2.45) is 5.73 Å². The minimum absolute atomic E-state index is 0.495. The molecule has 10 heteroatoms. The molecular formula is C25H32AsN7OS. The van der Waals surface area contributed by atoms with Crippen LogP contribution in [0.4, 0.5) is 5.69 Å². The summed E-state index contributed by atoms with van der Waals surface area (Å²) in [4.78, 5) is 11.9.